The van der Waals surface area contributed by atoms with Crippen molar-refractivity contribution in [1.29, 1.82) is 0 Å². The van der Waals surface area contributed by atoms with Gasteiger partial charge in [0.2, 0.25) is 5.88 Å². The first kappa shape index (κ1) is 14.4. The van der Waals surface area contributed by atoms with Crippen LogP contribution in [0.2, 0.25) is 0 Å². The summed E-state index contributed by atoms with van der Waals surface area (Å²) in [7, 11) is 0. The van der Waals surface area contributed by atoms with Crippen molar-refractivity contribution in [2.75, 3.05) is 6.61 Å². The zero-order valence-electron chi connectivity index (χ0n) is 9.21. The number of H-pyrrole nitrogens is 1. The third-order valence-electron chi connectivity index (χ3n) is 2.03. The molecule has 1 rings (SSSR count). The number of ether oxygens (including phenoxy) is 1. The molecule has 0 saturated carbocycles. The highest BCUT2D eigenvalue weighted by Gasteiger charge is 2.40. The molecule has 0 aliphatic heterocycles. The van der Waals surface area contributed by atoms with Crippen molar-refractivity contribution in [3.63, 3.8) is 0 Å². The summed E-state index contributed by atoms with van der Waals surface area (Å²) in [6.07, 6.45) is -3.84. The van der Waals surface area contributed by atoms with Crippen LogP contribution in [0.4, 0.5) is 17.6 Å². The average Bonchev–Trinajstić information content (AvgIpc) is 2.25. The first-order valence-corrected chi connectivity index (χ1v) is 4.76. The van der Waals surface area contributed by atoms with Crippen LogP contribution in [0.15, 0.2) is 4.79 Å². The van der Waals surface area contributed by atoms with Gasteiger partial charge in [-0.25, -0.2) is 8.78 Å². The Hall–Kier alpha value is -1.64. The van der Waals surface area contributed by atoms with Crippen molar-refractivity contribution in [1.82, 2.24) is 9.97 Å². The fourth-order valence-corrected chi connectivity index (χ4v) is 0.981. The summed E-state index contributed by atoms with van der Waals surface area (Å²) >= 11 is 0. The van der Waals surface area contributed by atoms with E-state index in [1.165, 1.54) is 6.92 Å². The van der Waals surface area contributed by atoms with E-state index in [-0.39, 0.29) is 11.4 Å². The molecule has 1 aromatic rings. The number of alkyl halides is 4. The van der Waals surface area contributed by atoms with Crippen LogP contribution >= 0.6 is 0 Å². The van der Waals surface area contributed by atoms with E-state index < -0.39 is 37.0 Å². The van der Waals surface area contributed by atoms with E-state index in [4.69, 9.17) is 0 Å². The number of aromatic nitrogens is 2. The maximum Gasteiger partial charge on any atom is 0.330 e. The van der Waals surface area contributed by atoms with Crippen LogP contribution < -0.4 is 5.56 Å². The third-order valence-corrected chi connectivity index (χ3v) is 2.03. The highest BCUT2D eigenvalue weighted by atomic mass is 19.3. The lowest BCUT2D eigenvalue weighted by molar-refractivity contribution is -0.168. The molecule has 9 heteroatoms. The van der Waals surface area contributed by atoms with Crippen molar-refractivity contribution >= 4 is 0 Å². The van der Waals surface area contributed by atoms with E-state index in [0.29, 0.717) is 0 Å². The van der Waals surface area contributed by atoms with Gasteiger partial charge in [-0.1, -0.05) is 0 Å². The Bertz CT molecular complexity index is 475. The van der Waals surface area contributed by atoms with Crippen LogP contribution in [0.1, 0.15) is 11.4 Å². The Morgan fingerprint density at radius 3 is 2.61 bits per heavy atom. The lowest BCUT2D eigenvalue weighted by atomic mass is 10.3. The molecule has 0 atom stereocenters. The zero-order valence-corrected chi connectivity index (χ0v) is 9.21. The summed E-state index contributed by atoms with van der Waals surface area (Å²) < 4.78 is 52.8. The SMILES string of the molecule is Cc1c(O)nc(COCC(F)(F)C(F)F)[nH]c1=O. The van der Waals surface area contributed by atoms with E-state index >= 15 is 0 Å². The standard InChI is InChI=1S/C9H10F4N2O3/c1-4-6(16)14-5(15-7(4)17)2-18-3-9(12,13)8(10)11/h8H,2-3H2,1H3,(H2,14,15,16,17). The second-order valence-corrected chi connectivity index (χ2v) is 3.52. The quantitative estimate of drug-likeness (QED) is 0.788. The lowest BCUT2D eigenvalue weighted by Crippen LogP contribution is -2.32. The summed E-state index contributed by atoms with van der Waals surface area (Å²) in [5, 5.41) is 9.17. The van der Waals surface area contributed by atoms with Gasteiger partial charge in [-0.3, -0.25) is 4.79 Å². The second kappa shape index (κ2) is 5.34. The third kappa shape index (κ3) is 3.42. The predicted molar refractivity (Wildman–Crippen MR) is 51.9 cm³/mol. The van der Waals surface area contributed by atoms with Gasteiger partial charge in [0.25, 0.3) is 5.56 Å². The summed E-state index contributed by atoms with van der Waals surface area (Å²) in [6.45, 7) is -0.828. The molecular formula is C9H10F4N2O3. The van der Waals surface area contributed by atoms with E-state index in [1.54, 1.807) is 0 Å². The molecule has 0 bridgehead atoms. The number of nitrogens with zero attached hydrogens (tertiary/aromatic N) is 1. The van der Waals surface area contributed by atoms with E-state index in [2.05, 4.69) is 14.7 Å². The maximum atomic E-state index is 12.5. The fourth-order valence-electron chi connectivity index (χ4n) is 0.981. The number of rotatable bonds is 5. The largest absolute Gasteiger partial charge is 0.493 e. The number of aromatic amines is 1. The fraction of sp³-hybridized carbons (Fsp3) is 0.556. The average molecular weight is 270 g/mol. The van der Waals surface area contributed by atoms with E-state index in [0.717, 1.165) is 0 Å². The lowest BCUT2D eigenvalue weighted by Gasteiger charge is -2.14. The second-order valence-electron chi connectivity index (χ2n) is 3.52. The normalized spacial score (nSPS) is 12.1. The van der Waals surface area contributed by atoms with Gasteiger partial charge in [-0.05, 0) is 6.92 Å². The van der Waals surface area contributed by atoms with E-state index in [9.17, 15) is 27.5 Å². The summed E-state index contributed by atoms with van der Waals surface area (Å²) in [4.78, 5) is 16.7. The molecular weight excluding hydrogens is 260 g/mol. The highest BCUT2D eigenvalue weighted by molar-refractivity contribution is 5.19. The molecule has 1 aromatic heterocycles. The Balaban J connectivity index is 2.63. The minimum Gasteiger partial charge on any atom is -0.493 e. The van der Waals surface area contributed by atoms with Gasteiger partial charge in [0, 0.05) is 0 Å². The van der Waals surface area contributed by atoms with Crippen LogP contribution in [-0.4, -0.2) is 34.0 Å². The van der Waals surface area contributed by atoms with Crippen LogP contribution in [-0.2, 0) is 11.3 Å². The molecule has 0 fully saturated rings. The van der Waals surface area contributed by atoms with Gasteiger partial charge in [-0.2, -0.15) is 13.8 Å². The smallest absolute Gasteiger partial charge is 0.330 e. The molecule has 0 aromatic carbocycles. The minimum atomic E-state index is -4.27. The summed E-state index contributed by atoms with van der Waals surface area (Å²) in [6, 6.07) is 0. The Labute approximate surface area is 98.4 Å². The molecule has 2 N–H and O–H groups in total. The number of hydrogen-bond acceptors (Lipinski definition) is 4. The highest BCUT2D eigenvalue weighted by Crippen LogP contribution is 2.23. The predicted octanol–water partition coefficient (Wildman–Crippen LogP) is 1.20. The summed E-state index contributed by atoms with van der Waals surface area (Å²) in [5.41, 5.74) is -0.710. The number of halogens is 4. The Morgan fingerprint density at radius 2 is 2.11 bits per heavy atom. The molecule has 0 amide bonds. The summed E-state index contributed by atoms with van der Waals surface area (Å²) in [5.74, 6) is -5.07. The first-order valence-electron chi connectivity index (χ1n) is 4.76. The zero-order chi connectivity index (χ0) is 13.9. The van der Waals surface area contributed by atoms with Gasteiger partial charge in [0.15, 0.2) is 0 Å². The van der Waals surface area contributed by atoms with Gasteiger partial charge >= 0.3 is 12.3 Å². The number of nitrogens with one attached hydrogen (secondary N) is 1. The Morgan fingerprint density at radius 1 is 1.50 bits per heavy atom. The maximum absolute atomic E-state index is 12.5. The van der Waals surface area contributed by atoms with Gasteiger partial charge in [0.05, 0.1) is 5.56 Å². The number of aromatic hydroxyl groups is 1. The van der Waals surface area contributed by atoms with Crippen molar-refractivity contribution in [2.45, 2.75) is 25.9 Å². The van der Waals surface area contributed by atoms with Crippen molar-refractivity contribution in [3.8, 4) is 5.88 Å². The van der Waals surface area contributed by atoms with Crippen LogP contribution in [0.25, 0.3) is 0 Å². The van der Waals surface area contributed by atoms with Crippen LogP contribution in [0.5, 0.6) is 5.88 Å². The topological polar surface area (TPSA) is 75.2 Å². The molecule has 0 radical (unpaired) electrons. The van der Waals surface area contributed by atoms with Crippen LogP contribution in [0, 0.1) is 6.92 Å². The Kier molecular flexibility index (Phi) is 4.28. The molecule has 0 spiro atoms. The van der Waals surface area contributed by atoms with Crippen molar-refractivity contribution in [2.24, 2.45) is 0 Å². The van der Waals surface area contributed by atoms with Gasteiger partial charge in [-0.15, -0.1) is 0 Å². The number of hydrogen-bond donors (Lipinski definition) is 2. The molecule has 5 nitrogen and oxygen atoms in total. The molecule has 0 unspecified atom stereocenters. The van der Waals surface area contributed by atoms with Gasteiger partial charge in [0.1, 0.15) is 19.0 Å². The van der Waals surface area contributed by atoms with Gasteiger partial charge < -0.3 is 14.8 Å². The molecule has 1 heterocycles. The molecule has 102 valence electrons. The molecule has 0 aliphatic rings. The monoisotopic (exact) mass is 270 g/mol. The van der Waals surface area contributed by atoms with E-state index in [1.807, 2.05) is 0 Å². The molecule has 18 heavy (non-hydrogen) atoms. The first-order chi connectivity index (χ1) is 8.24. The van der Waals surface area contributed by atoms with Crippen molar-refractivity contribution in [3.05, 3.63) is 21.7 Å². The van der Waals surface area contributed by atoms with Crippen molar-refractivity contribution < 1.29 is 27.4 Å². The molecule has 0 aliphatic carbocycles. The molecule has 0 saturated heterocycles. The van der Waals surface area contributed by atoms with Crippen LogP contribution in [0.3, 0.4) is 0 Å². The minimum absolute atomic E-state index is 0.0448.